The van der Waals surface area contributed by atoms with Crippen molar-refractivity contribution in [2.45, 2.75) is 40.3 Å². The van der Waals surface area contributed by atoms with Gasteiger partial charge < -0.3 is 10.1 Å². The smallest absolute Gasteiger partial charge is 0.219 e. The van der Waals surface area contributed by atoms with Crippen molar-refractivity contribution in [1.82, 2.24) is 10.3 Å². The van der Waals surface area contributed by atoms with E-state index in [1.807, 2.05) is 38.1 Å². The maximum atomic E-state index is 6.17. The third kappa shape index (κ3) is 4.45. The number of pyridine rings is 1. The van der Waals surface area contributed by atoms with Crippen LogP contribution in [0.4, 0.5) is 0 Å². The summed E-state index contributed by atoms with van der Waals surface area (Å²) in [5, 5.41) is 4.16. The number of aromatic nitrogens is 1. The van der Waals surface area contributed by atoms with Crippen LogP contribution >= 0.6 is 11.6 Å². The van der Waals surface area contributed by atoms with Gasteiger partial charge in [-0.15, -0.1) is 0 Å². The lowest BCUT2D eigenvalue weighted by Gasteiger charge is -2.11. The summed E-state index contributed by atoms with van der Waals surface area (Å²) in [5.74, 6) is 1.36. The van der Waals surface area contributed by atoms with E-state index < -0.39 is 0 Å². The van der Waals surface area contributed by atoms with Gasteiger partial charge in [-0.1, -0.05) is 25.4 Å². The summed E-state index contributed by atoms with van der Waals surface area (Å²) in [4.78, 5) is 4.26. The molecule has 0 spiro atoms. The second kappa shape index (κ2) is 6.92. The van der Waals surface area contributed by atoms with Crippen molar-refractivity contribution in [2.75, 3.05) is 0 Å². The van der Waals surface area contributed by atoms with E-state index in [2.05, 4.69) is 24.1 Å². The Labute approximate surface area is 131 Å². The summed E-state index contributed by atoms with van der Waals surface area (Å²) in [5.41, 5.74) is 3.16. The minimum Gasteiger partial charge on any atom is -0.439 e. The highest BCUT2D eigenvalue weighted by Gasteiger charge is 2.06. The molecule has 0 amide bonds. The Balaban J connectivity index is 2.14. The molecule has 4 heteroatoms. The first-order valence-corrected chi connectivity index (χ1v) is 7.46. The van der Waals surface area contributed by atoms with Crippen molar-refractivity contribution in [1.29, 1.82) is 0 Å². The third-order valence-electron chi connectivity index (χ3n) is 3.15. The van der Waals surface area contributed by atoms with Gasteiger partial charge in [0.25, 0.3) is 0 Å². The summed E-state index contributed by atoms with van der Waals surface area (Å²) in [7, 11) is 0. The fraction of sp³-hybridized carbons (Fsp3) is 0.353. The molecule has 0 unspecified atom stereocenters. The lowest BCUT2D eigenvalue weighted by Crippen LogP contribution is -2.21. The summed E-state index contributed by atoms with van der Waals surface area (Å²) in [6.45, 7) is 8.99. The van der Waals surface area contributed by atoms with Crippen LogP contribution in [0.25, 0.3) is 0 Å². The van der Waals surface area contributed by atoms with Gasteiger partial charge in [0.2, 0.25) is 5.88 Å². The molecular weight excluding hydrogens is 284 g/mol. The Bertz CT molecular complexity index is 603. The molecule has 1 aromatic carbocycles. The van der Waals surface area contributed by atoms with Gasteiger partial charge in [-0.3, -0.25) is 0 Å². The molecule has 112 valence electrons. The molecule has 21 heavy (non-hydrogen) atoms. The average Bonchev–Trinajstić information content (AvgIpc) is 2.43. The molecule has 2 rings (SSSR count). The largest absolute Gasteiger partial charge is 0.439 e. The van der Waals surface area contributed by atoms with Gasteiger partial charge in [-0.2, -0.15) is 0 Å². The van der Waals surface area contributed by atoms with E-state index in [1.54, 1.807) is 6.20 Å². The second-order valence-electron chi connectivity index (χ2n) is 5.51. The van der Waals surface area contributed by atoms with Crippen molar-refractivity contribution >= 4 is 11.6 Å². The number of hydrogen-bond donors (Lipinski definition) is 1. The molecule has 0 aliphatic heterocycles. The van der Waals surface area contributed by atoms with Crippen LogP contribution in [0.3, 0.4) is 0 Å². The van der Waals surface area contributed by atoms with Crippen LogP contribution in [0.15, 0.2) is 30.5 Å². The molecule has 0 aliphatic carbocycles. The predicted molar refractivity (Wildman–Crippen MR) is 87.2 cm³/mol. The van der Waals surface area contributed by atoms with Crippen LogP contribution in [0.2, 0.25) is 5.02 Å². The number of halogens is 1. The number of aryl methyl sites for hydroxylation is 2. The fourth-order valence-corrected chi connectivity index (χ4v) is 2.13. The number of ether oxygens (including phenoxy) is 1. The van der Waals surface area contributed by atoms with E-state index in [1.165, 1.54) is 0 Å². The minimum atomic E-state index is 0.448. The van der Waals surface area contributed by atoms with Crippen LogP contribution in [0.1, 0.15) is 30.5 Å². The number of benzene rings is 1. The van der Waals surface area contributed by atoms with Crippen molar-refractivity contribution in [3.63, 3.8) is 0 Å². The molecule has 1 aromatic heterocycles. The Kier molecular flexibility index (Phi) is 5.21. The van der Waals surface area contributed by atoms with Crippen molar-refractivity contribution in [3.05, 3.63) is 52.2 Å². The lowest BCUT2D eigenvalue weighted by atomic mass is 10.1. The van der Waals surface area contributed by atoms with E-state index in [4.69, 9.17) is 16.3 Å². The summed E-state index contributed by atoms with van der Waals surface area (Å²) in [6, 6.07) is 8.24. The minimum absolute atomic E-state index is 0.448. The fourth-order valence-electron chi connectivity index (χ4n) is 2.02. The van der Waals surface area contributed by atoms with Crippen molar-refractivity contribution in [2.24, 2.45) is 0 Å². The van der Waals surface area contributed by atoms with Crippen LogP contribution < -0.4 is 10.1 Å². The van der Waals surface area contributed by atoms with Crippen molar-refractivity contribution < 1.29 is 4.74 Å². The summed E-state index contributed by atoms with van der Waals surface area (Å²) < 4.78 is 5.84. The molecule has 0 radical (unpaired) electrons. The predicted octanol–water partition coefficient (Wildman–Crippen LogP) is 4.64. The van der Waals surface area contributed by atoms with Gasteiger partial charge in [0, 0.05) is 29.9 Å². The standard InChI is InChI=1S/C17H21ClN2O/c1-11(2)20-10-14-5-6-19-16(9-14)21-15-7-12(3)17(18)13(4)8-15/h5-9,11,20H,10H2,1-4H3. The van der Waals surface area contributed by atoms with Gasteiger partial charge in [-0.05, 0) is 48.7 Å². The van der Waals surface area contributed by atoms with E-state index in [0.29, 0.717) is 11.9 Å². The van der Waals surface area contributed by atoms with E-state index >= 15 is 0 Å². The maximum absolute atomic E-state index is 6.17. The van der Waals surface area contributed by atoms with Crippen LogP contribution in [-0.2, 0) is 6.54 Å². The highest BCUT2D eigenvalue weighted by atomic mass is 35.5. The SMILES string of the molecule is Cc1cc(Oc2cc(CNC(C)C)ccn2)cc(C)c1Cl. The first-order chi connectivity index (χ1) is 9.95. The van der Waals surface area contributed by atoms with Crippen molar-refractivity contribution in [3.8, 4) is 11.6 Å². The monoisotopic (exact) mass is 304 g/mol. The summed E-state index contributed by atoms with van der Waals surface area (Å²) in [6.07, 6.45) is 1.77. The average molecular weight is 305 g/mol. The first kappa shape index (κ1) is 15.8. The molecule has 0 saturated carbocycles. The van der Waals surface area contributed by atoms with Gasteiger partial charge in [0.05, 0.1) is 0 Å². The molecule has 0 aliphatic rings. The zero-order valence-corrected chi connectivity index (χ0v) is 13.7. The number of nitrogens with one attached hydrogen (secondary N) is 1. The molecule has 0 atom stereocenters. The molecule has 0 fully saturated rings. The van der Waals surface area contributed by atoms with Crippen LogP contribution in [0, 0.1) is 13.8 Å². The molecule has 0 saturated heterocycles. The Morgan fingerprint density at radius 3 is 2.48 bits per heavy atom. The van der Waals surface area contributed by atoms with Gasteiger partial charge in [-0.25, -0.2) is 4.98 Å². The highest BCUT2D eigenvalue weighted by Crippen LogP contribution is 2.28. The van der Waals surface area contributed by atoms with E-state index in [-0.39, 0.29) is 0 Å². The van der Waals surface area contributed by atoms with Crippen LogP contribution in [0.5, 0.6) is 11.6 Å². The zero-order valence-electron chi connectivity index (χ0n) is 12.9. The van der Waals surface area contributed by atoms with E-state index in [0.717, 1.165) is 34.0 Å². The number of hydrogen-bond acceptors (Lipinski definition) is 3. The van der Waals surface area contributed by atoms with Gasteiger partial charge in [0.1, 0.15) is 5.75 Å². The molecule has 1 heterocycles. The summed E-state index contributed by atoms with van der Waals surface area (Å²) >= 11 is 6.17. The van der Waals surface area contributed by atoms with E-state index in [9.17, 15) is 0 Å². The lowest BCUT2D eigenvalue weighted by molar-refractivity contribution is 0.460. The first-order valence-electron chi connectivity index (χ1n) is 7.08. The highest BCUT2D eigenvalue weighted by molar-refractivity contribution is 6.32. The topological polar surface area (TPSA) is 34.1 Å². The Hall–Kier alpha value is -1.58. The molecular formula is C17H21ClN2O. The molecule has 3 nitrogen and oxygen atoms in total. The molecule has 2 aromatic rings. The normalized spacial score (nSPS) is 11.0. The number of rotatable bonds is 5. The van der Waals surface area contributed by atoms with Gasteiger partial charge >= 0.3 is 0 Å². The quantitative estimate of drug-likeness (QED) is 0.873. The maximum Gasteiger partial charge on any atom is 0.219 e. The molecule has 1 N–H and O–H groups in total. The number of nitrogens with zero attached hydrogens (tertiary/aromatic N) is 1. The second-order valence-corrected chi connectivity index (χ2v) is 5.89. The van der Waals surface area contributed by atoms with Crippen LogP contribution in [-0.4, -0.2) is 11.0 Å². The Morgan fingerprint density at radius 1 is 1.19 bits per heavy atom. The molecule has 0 bridgehead atoms. The van der Waals surface area contributed by atoms with Gasteiger partial charge in [0.15, 0.2) is 0 Å². The Morgan fingerprint density at radius 2 is 1.86 bits per heavy atom. The zero-order chi connectivity index (χ0) is 15.4. The third-order valence-corrected chi connectivity index (χ3v) is 3.74.